The molecule has 1 aromatic rings. The summed E-state index contributed by atoms with van der Waals surface area (Å²) in [6, 6.07) is 0. The van der Waals surface area contributed by atoms with Gasteiger partial charge in [-0.25, -0.2) is 4.98 Å². The van der Waals surface area contributed by atoms with Gasteiger partial charge in [0.2, 0.25) is 0 Å². The smallest absolute Gasteiger partial charge is 0.273 e. The predicted octanol–water partition coefficient (Wildman–Crippen LogP) is 1.57. The monoisotopic (exact) mass is 198 g/mol. The second-order valence-corrected chi connectivity index (χ2v) is 4.39. The first-order valence-electron chi connectivity index (χ1n) is 4.57. The Morgan fingerprint density at radius 1 is 1.69 bits per heavy atom. The van der Waals surface area contributed by atoms with Crippen LogP contribution in [0.5, 0.6) is 5.19 Å². The van der Waals surface area contributed by atoms with E-state index in [0.717, 1.165) is 30.3 Å². The Labute approximate surface area is 81.9 Å². The van der Waals surface area contributed by atoms with Gasteiger partial charge in [0, 0.05) is 5.38 Å². The number of nitrogens with zero attached hydrogens (tertiary/aromatic N) is 1. The zero-order chi connectivity index (χ0) is 9.26. The maximum Gasteiger partial charge on any atom is 0.273 e. The highest BCUT2D eigenvalue weighted by Gasteiger charge is 2.30. The molecule has 2 N–H and O–H groups in total. The fourth-order valence-corrected chi connectivity index (χ4v) is 2.20. The summed E-state index contributed by atoms with van der Waals surface area (Å²) in [5.74, 6) is 0.672. The summed E-state index contributed by atoms with van der Waals surface area (Å²) in [6.45, 7) is 2.77. The Kier molecular flexibility index (Phi) is 2.51. The van der Waals surface area contributed by atoms with Crippen molar-refractivity contribution in [3.63, 3.8) is 0 Å². The maximum absolute atomic E-state index is 5.66. The van der Waals surface area contributed by atoms with Crippen LogP contribution in [0, 0.1) is 12.8 Å². The minimum atomic E-state index is 0.360. The lowest BCUT2D eigenvalue weighted by Gasteiger charge is -2.33. The van der Waals surface area contributed by atoms with Crippen molar-refractivity contribution in [2.24, 2.45) is 11.7 Å². The maximum atomic E-state index is 5.66. The van der Waals surface area contributed by atoms with E-state index in [2.05, 4.69) is 4.98 Å². The van der Waals surface area contributed by atoms with Gasteiger partial charge in [0.05, 0.1) is 5.69 Å². The molecule has 13 heavy (non-hydrogen) atoms. The van der Waals surface area contributed by atoms with E-state index < -0.39 is 0 Å². The second-order valence-electron chi connectivity index (χ2n) is 3.57. The van der Waals surface area contributed by atoms with E-state index in [0.29, 0.717) is 12.0 Å². The Morgan fingerprint density at radius 2 is 2.46 bits per heavy atom. The molecule has 0 amide bonds. The third-order valence-corrected chi connectivity index (χ3v) is 3.24. The molecule has 0 aromatic carbocycles. The molecule has 0 bridgehead atoms. The minimum absolute atomic E-state index is 0.360. The summed E-state index contributed by atoms with van der Waals surface area (Å²) in [5, 5.41) is 2.81. The highest BCUT2D eigenvalue weighted by atomic mass is 32.1. The van der Waals surface area contributed by atoms with Crippen LogP contribution < -0.4 is 10.5 Å². The Bertz CT molecular complexity index is 281. The van der Waals surface area contributed by atoms with Gasteiger partial charge in [0.1, 0.15) is 6.10 Å². The number of nitrogens with two attached hydrogens (primary N) is 1. The summed E-state index contributed by atoms with van der Waals surface area (Å²) in [4.78, 5) is 4.25. The molecule has 0 saturated heterocycles. The number of thiazole rings is 1. The Hall–Kier alpha value is -0.610. The van der Waals surface area contributed by atoms with Crippen LogP contribution in [0.15, 0.2) is 5.38 Å². The van der Waals surface area contributed by atoms with Crippen LogP contribution >= 0.6 is 11.3 Å². The molecule has 1 aliphatic rings. The van der Waals surface area contributed by atoms with Crippen molar-refractivity contribution in [1.29, 1.82) is 0 Å². The first kappa shape index (κ1) is 8.97. The van der Waals surface area contributed by atoms with Gasteiger partial charge in [0.15, 0.2) is 0 Å². The van der Waals surface area contributed by atoms with E-state index in [1.165, 1.54) is 0 Å². The highest BCUT2D eigenvalue weighted by Crippen LogP contribution is 2.31. The van der Waals surface area contributed by atoms with Crippen molar-refractivity contribution in [1.82, 2.24) is 4.98 Å². The van der Waals surface area contributed by atoms with E-state index in [9.17, 15) is 0 Å². The van der Waals surface area contributed by atoms with Crippen LogP contribution in [0.3, 0.4) is 0 Å². The number of aromatic nitrogens is 1. The van der Waals surface area contributed by atoms with Crippen molar-refractivity contribution in [3.8, 4) is 5.19 Å². The molecule has 1 fully saturated rings. The quantitative estimate of drug-likeness (QED) is 0.802. The van der Waals surface area contributed by atoms with Crippen molar-refractivity contribution >= 4 is 11.3 Å². The van der Waals surface area contributed by atoms with Gasteiger partial charge < -0.3 is 10.5 Å². The van der Waals surface area contributed by atoms with Gasteiger partial charge in [-0.2, -0.15) is 0 Å². The van der Waals surface area contributed by atoms with Gasteiger partial charge in [-0.3, -0.25) is 0 Å². The highest BCUT2D eigenvalue weighted by molar-refractivity contribution is 7.11. The van der Waals surface area contributed by atoms with Crippen molar-refractivity contribution < 1.29 is 4.74 Å². The first-order chi connectivity index (χ1) is 6.28. The molecule has 0 spiro atoms. The zero-order valence-electron chi connectivity index (χ0n) is 7.69. The third kappa shape index (κ3) is 2.00. The van der Waals surface area contributed by atoms with Gasteiger partial charge in [-0.1, -0.05) is 11.3 Å². The van der Waals surface area contributed by atoms with E-state index >= 15 is 0 Å². The average molecular weight is 198 g/mol. The summed E-state index contributed by atoms with van der Waals surface area (Å²) in [7, 11) is 0. The van der Waals surface area contributed by atoms with Crippen LogP contribution in [0.25, 0.3) is 0 Å². The molecule has 0 radical (unpaired) electrons. The molecule has 1 heterocycles. The van der Waals surface area contributed by atoms with Crippen LogP contribution in [-0.4, -0.2) is 17.6 Å². The summed E-state index contributed by atoms with van der Waals surface area (Å²) >= 11 is 1.57. The Balaban J connectivity index is 1.81. The molecule has 2 rings (SSSR count). The van der Waals surface area contributed by atoms with Gasteiger partial charge in [-0.15, -0.1) is 0 Å². The number of aryl methyl sites for hydroxylation is 1. The van der Waals surface area contributed by atoms with E-state index in [4.69, 9.17) is 10.5 Å². The fraction of sp³-hybridized carbons (Fsp3) is 0.667. The number of rotatable bonds is 3. The van der Waals surface area contributed by atoms with Crippen molar-refractivity contribution in [2.45, 2.75) is 25.9 Å². The van der Waals surface area contributed by atoms with E-state index in [1.807, 2.05) is 12.3 Å². The average Bonchev–Trinajstić information content (AvgIpc) is 2.43. The number of ether oxygens (including phenoxy) is 1. The number of hydrogen-bond donors (Lipinski definition) is 1. The van der Waals surface area contributed by atoms with E-state index in [-0.39, 0.29) is 0 Å². The molecule has 4 heteroatoms. The first-order valence-corrected chi connectivity index (χ1v) is 5.44. The molecular weight excluding hydrogens is 184 g/mol. The third-order valence-electron chi connectivity index (χ3n) is 2.39. The lowest BCUT2D eigenvalue weighted by molar-refractivity contribution is 0.0687. The van der Waals surface area contributed by atoms with E-state index in [1.54, 1.807) is 11.3 Å². The normalized spacial score (nSPS) is 26.9. The van der Waals surface area contributed by atoms with Crippen LogP contribution in [0.1, 0.15) is 18.5 Å². The van der Waals surface area contributed by atoms with Gasteiger partial charge in [0.25, 0.3) is 5.19 Å². The van der Waals surface area contributed by atoms with Crippen molar-refractivity contribution in [2.75, 3.05) is 6.54 Å². The molecule has 1 saturated carbocycles. The Morgan fingerprint density at radius 3 is 3.00 bits per heavy atom. The molecule has 1 aliphatic carbocycles. The molecule has 1 aromatic heterocycles. The van der Waals surface area contributed by atoms with Crippen LogP contribution in [0.2, 0.25) is 0 Å². The fourth-order valence-electron chi connectivity index (χ4n) is 1.49. The topological polar surface area (TPSA) is 48.1 Å². The predicted molar refractivity (Wildman–Crippen MR) is 53.0 cm³/mol. The van der Waals surface area contributed by atoms with Crippen molar-refractivity contribution in [3.05, 3.63) is 11.1 Å². The number of hydrogen-bond acceptors (Lipinski definition) is 4. The zero-order valence-corrected chi connectivity index (χ0v) is 8.51. The van der Waals surface area contributed by atoms with Gasteiger partial charge >= 0.3 is 0 Å². The van der Waals surface area contributed by atoms with Crippen LogP contribution in [-0.2, 0) is 0 Å². The summed E-state index contributed by atoms with van der Waals surface area (Å²) < 4.78 is 5.66. The second kappa shape index (κ2) is 3.64. The van der Waals surface area contributed by atoms with Gasteiger partial charge in [-0.05, 0) is 32.2 Å². The standard InChI is InChI=1S/C9H14N2OS/c1-6-5-13-9(11-6)12-8-2-7(3-8)4-10/h5,7-8H,2-4,10H2,1H3. The largest absolute Gasteiger partial charge is 0.467 e. The minimum Gasteiger partial charge on any atom is -0.467 e. The summed E-state index contributed by atoms with van der Waals surface area (Å²) in [5.41, 5.74) is 6.56. The molecular formula is C9H14N2OS. The molecule has 0 atom stereocenters. The molecule has 0 unspecified atom stereocenters. The molecule has 3 nitrogen and oxygen atoms in total. The van der Waals surface area contributed by atoms with Crippen LogP contribution in [0.4, 0.5) is 0 Å². The molecule has 0 aliphatic heterocycles. The lowest BCUT2D eigenvalue weighted by atomic mass is 9.82. The lowest BCUT2D eigenvalue weighted by Crippen LogP contribution is -2.37. The SMILES string of the molecule is Cc1csc(OC2CC(CN)C2)n1. The summed E-state index contributed by atoms with van der Waals surface area (Å²) in [6.07, 6.45) is 2.55. The molecule has 72 valence electrons.